The Morgan fingerprint density at radius 1 is 1.20 bits per heavy atom. The van der Waals surface area contributed by atoms with E-state index in [1.54, 1.807) is 39.0 Å². The van der Waals surface area contributed by atoms with Crippen LogP contribution in [0, 0.1) is 5.82 Å². The fraction of sp³-hybridized carbons (Fsp3) is 0.360. The molecule has 2 amide bonds. The van der Waals surface area contributed by atoms with Crippen LogP contribution in [0.2, 0.25) is 0 Å². The number of carbonyl (C=O) groups excluding carboxylic acids is 3. The summed E-state index contributed by atoms with van der Waals surface area (Å²) in [6.07, 6.45) is -0.0960. The molecule has 1 aliphatic heterocycles. The van der Waals surface area contributed by atoms with Gasteiger partial charge in [-0.3, -0.25) is 14.4 Å². The largest absolute Gasteiger partial charge is 0.488 e. The van der Waals surface area contributed by atoms with E-state index in [-0.39, 0.29) is 37.1 Å². The number of primary amides is 1. The Hall–Kier alpha value is -3.95. The molecule has 0 fully saturated rings. The van der Waals surface area contributed by atoms with E-state index in [1.165, 1.54) is 17.0 Å². The molecule has 0 unspecified atom stereocenters. The molecule has 3 rings (SSSR count). The van der Waals surface area contributed by atoms with Crippen LogP contribution in [0.4, 0.5) is 4.39 Å². The average molecular weight is 486 g/mol. The monoisotopic (exact) mass is 486 g/mol. The predicted octanol–water partition coefficient (Wildman–Crippen LogP) is 3.03. The van der Waals surface area contributed by atoms with Crippen LogP contribution in [0.15, 0.2) is 36.4 Å². The summed E-state index contributed by atoms with van der Waals surface area (Å²) >= 11 is 0. The van der Waals surface area contributed by atoms with E-state index >= 15 is 0 Å². The summed E-state index contributed by atoms with van der Waals surface area (Å²) in [6, 6.07) is 7.25. The fourth-order valence-corrected chi connectivity index (χ4v) is 3.76. The van der Waals surface area contributed by atoms with E-state index in [9.17, 15) is 23.6 Å². The molecule has 35 heavy (non-hydrogen) atoms. The number of esters is 1. The summed E-state index contributed by atoms with van der Waals surface area (Å²) in [5, 5.41) is 8.97. The third-order valence-corrected chi connectivity index (χ3v) is 5.38. The Labute approximate surface area is 201 Å². The summed E-state index contributed by atoms with van der Waals surface area (Å²) in [5.74, 6) is -3.35. The number of fused-ring (bicyclic) bond motifs is 1. The van der Waals surface area contributed by atoms with Crippen molar-refractivity contribution in [1.29, 1.82) is 0 Å². The van der Waals surface area contributed by atoms with Crippen LogP contribution in [0.1, 0.15) is 65.5 Å². The molecule has 3 N–H and O–H groups in total. The van der Waals surface area contributed by atoms with Crippen molar-refractivity contribution in [2.75, 3.05) is 0 Å². The molecule has 10 heteroatoms. The number of rotatable bonds is 9. The Balaban J connectivity index is 1.74. The molecule has 0 saturated carbocycles. The molecule has 0 aromatic heterocycles. The minimum absolute atomic E-state index is 0.00129. The summed E-state index contributed by atoms with van der Waals surface area (Å²) in [4.78, 5) is 49.6. The smallest absolute Gasteiger partial charge is 0.335 e. The number of nitrogens with two attached hydrogens (primary N) is 1. The lowest BCUT2D eigenvalue weighted by molar-refractivity contribution is -0.155. The molecule has 0 radical (unpaired) electrons. The molecule has 2 aromatic rings. The van der Waals surface area contributed by atoms with Crippen molar-refractivity contribution in [2.24, 2.45) is 5.73 Å². The van der Waals surface area contributed by atoms with E-state index < -0.39 is 41.2 Å². The number of aromatic carboxylic acids is 1. The highest BCUT2D eigenvalue weighted by Gasteiger charge is 2.37. The summed E-state index contributed by atoms with van der Waals surface area (Å²) in [7, 11) is 0. The maximum Gasteiger partial charge on any atom is 0.335 e. The van der Waals surface area contributed by atoms with Gasteiger partial charge in [0.2, 0.25) is 5.91 Å². The number of amides is 2. The fourth-order valence-electron chi connectivity index (χ4n) is 3.76. The third-order valence-electron chi connectivity index (χ3n) is 5.38. The molecular weight excluding hydrogens is 459 g/mol. The third kappa shape index (κ3) is 6.14. The second kappa shape index (κ2) is 10.1. The number of halogens is 1. The number of carboxylic acids is 1. The number of ether oxygens (including phenoxy) is 2. The molecule has 0 bridgehead atoms. The molecule has 0 saturated heterocycles. The van der Waals surface area contributed by atoms with Crippen LogP contribution in [0.5, 0.6) is 5.75 Å². The standard InChI is InChI=1S/C25H27FN2O7/c1-25(2,3)35-21(29)10-9-19(22(27)30)28-12-17-16(23(28)31)5-4-6-20(17)34-13-15-8-7-14(24(32)33)11-18(15)26/h4-8,11,19H,9-10,12-13H2,1-3H3,(H2,27,30)(H,32,33)/t19-/m0/s1. The number of carboxylic acid groups (broad SMARTS) is 1. The topological polar surface area (TPSA) is 136 Å². The van der Waals surface area contributed by atoms with Gasteiger partial charge >= 0.3 is 11.9 Å². The van der Waals surface area contributed by atoms with Gasteiger partial charge in [-0.15, -0.1) is 0 Å². The summed E-state index contributed by atoms with van der Waals surface area (Å²) in [6.45, 7) is 5.00. The van der Waals surface area contributed by atoms with Gasteiger partial charge in [-0.05, 0) is 51.5 Å². The summed E-state index contributed by atoms with van der Waals surface area (Å²) in [5.41, 5.74) is 5.64. The Morgan fingerprint density at radius 2 is 1.91 bits per heavy atom. The van der Waals surface area contributed by atoms with Crippen LogP contribution in [0.25, 0.3) is 0 Å². The van der Waals surface area contributed by atoms with E-state index in [4.69, 9.17) is 20.3 Å². The van der Waals surface area contributed by atoms with E-state index in [0.29, 0.717) is 16.9 Å². The van der Waals surface area contributed by atoms with Crippen LogP contribution in [-0.4, -0.2) is 45.4 Å². The molecule has 1 aliphatic rings. The molecule has 0 aliphatic carbocycles. The quantitative estimate of drug-likeness (QED) is 0.520. The first-order valence-electron chi connectivity index (χ1n) is 11.0. The van der Waals surface area contributed by atoms with Gasteiger partial charge in [-0.1, -0.05) is 12.1 Å². The van der Waals surface area contributed by atoms with E-state index in [0.717, 1.165) is 6.07 Å². The number of nitrogens with zero attached hydrogens (tertiary/aromatic N) is 1. The van der Waals surface area contributed by atoms with Gasteiger partial charge in [-0.2, -0.15) is 0 Å². The first kappa shape index (κ1) is 25.7. The van der Waals surface area contributed by atoms with Gasteiger partial charge in [0.15, 0.2) is 0 Å². The molecular formula is C25H27FN2O7. The van der Waals surface area contributed by atoms with Gasteiger partial charge in [0.05, 0.1) is 12.1 Å². The van der Waals surface area contributed by atoms with Crippen molar-refractivity contribution in [3.8, 4) is 5.75 Å². The second-order valence-electron chi connectivity index (χ2n) is 9.16. The number of benzene rings is 2. The zero-order chi connectivity index (χ0) is 25.9. The molecule has 0 spiro atoms. The van der Waals surface area contributed by atoms with Crippen molar-refractivity contribution < 1.29 is 38.1 Å². The lowest BCUT2D eigenvalue weighted by atomic mass is 10.1. The zero-order valence-corrected chi connectivity index (χ0v) is 19.7. The highest BCUT2D eigenvalue weighted by Crippen LogP contribution is 2.33. The maximum atomic E-state index is 14.3. The Kier molecular flexibility index (Phi) is 7.42. The van der Waals surface area contributed by atoms with Crippen LogP contribution >= 0.6 is 0 Å². The molecule has 2 aromatic carbocycles. The Bertz CT molecular complexity index is 1170. The predicted molar refractivity (Wildman–Crippen MR) is 122 cm³/mol. The zero-order valence-electron chi connectivity index (χ0n) is 19.7. The minimum atomic E-state index is -1.24. The second-order valence-corrected chi connectivity index (χ2v) is 9.16. The highest BCUT2D eigenvalue weighted by atomic mass is 19.1. The molecule has 1 atom stereocenters. The van der Waals surface area contributed by atoms with Gasteiger partial charge in [0.1, 0.15) is 29.8 Å². The maximum absolute atomic E-state index is 14.3. The average Bonchev–Trinajstić information content (AvgIpc) is 3.08. The van der Waals surface area contributed by atoms with Crippen molar-refractivity contribution in [1.82, 2.24) is 4.90 Å². The SMILES string of the molecule is CC(C)(C)OC(=O)CC[C@@H](C(N)=O)N1Cc2c(OCc3ccc(C(=O)O)cc3F)cccc2C1=O. The van der Waals surface area contributed by atoms with Gasteiger partial charge in [0.25, 0.3) is 5.91 Å². The number of carbonyl (C=O) groups is 4. The van der Waals surface area contributed by atoms with E-state index in [2.05, 4.69) is 0 Å². The van der Waals surface area contributed by atoms with Crippen molar-refractivity contribution in [3.05, 3.63) is 64.5 Å². The van der Waals surface area contributed by atoms with E-state index in [1.807, 2.05) is 0 Å². The van der Waals surface area contributed by atoms with Crippen molar-refractivity contribution in [2.45, 2.75) is 58.4 Å². The van der Waals surface area contributed by atoms with Crippen LogP contribution < -0.4 is 10.5 Å². The summed E-state index contributed by atoms with van der Waals surface area (Å²) < 4.78 is 25.3. The first-order valence-corrected chi connectivity index (χ1v) is 11.0. The van der Waals surface area contributed by atoms with Crippen LogP contribution in [-0.2, 0) is 27.5 Å². The number of hydrogen-bond acceptors (Lipinski definition) is 6. The normalized spacial score (nSPS) is 13.8. The first-order chi connectivity index (χ1) is 16.4. The lowest BCUT2D eigenvalue weighted by Gasteiger charge is -2.26. The van der Waals surface area contributed by atoms with Gasteiger partial charge < -0.3 is 25.2 Å². The van der Waals surface area contributed by atoms with Crippen molar-refractivity contribution in [3.63, 3.8) is 0 Å². The molecule has 9 nitrogen and oxygen atoms in total. The van der Waals surface area contributed by atoms with Gasteiger partial charge in [0, 0.05) is 23.1 Å². The molecule has 1 heterocycles. The lowest BCUT2D eigenvalue weighted by Crippen LogP contribution is -2.45. The molecule has 186 valence electrons. The highest BCUT2D eigenvalue weighted by molar-refractivity contribution is 6.01. The number of hydrogen-bond donors (Lipinski definition) is 2. The Morgan fingerprint density at radius 3 is 2.51 bits per heavy atom. The van der Waals surface area contributed by atoms with Crippen molar-refractivity contribution >= 4 is 23.8 Å². The minimum Gasteiger partial charge on any atom is -0.488 e. The van der Waals surface area contributed by atoms with Crippen LogP contribution in [0.3, 0.4) is 0 Å². The van der Waals surface area contributed by atoms with Gasteiger partial charge in [-0.25, -0.2) is 9.18 Å².